The lowest BCUT2D eigenvalue weighted by atomic mass is 10.2. The molecule has 1 heterocycles. The first-order valence-corrected chi connectivity index (χ1v) is 6.79. The van der Waals surface area contributed by atoms with Gasteiger partial charge in [0, 0.05) is 12.6 Å². The van der Waals surface area contributed by atoms with Gasteiger partial charge in [0.15, 0.2) is 0 Å². The van der Waals surface area contributed by atoms with Gasteiger partial charge in [-0.1, -0.05) is 0 Å². The van der Waals surface area contributed by atoms with Crippen LogP contribution in [0, 0.1) is 5.92 Å². The van der Waals surface area contributed by atoms with Gasteiger partial charge in [0.1, 0.15) is 5.82 Å². The first-order chi connectivity index (χ1) is 8.74. The second-order valence-corrected chi connectivity index (χ2v) is 5.37. The van der Waals surface area contributed by atoms with E-state index in [2.05, 4.69) is 15.7 Å². The minimum atomic E-state index is 0. The largest absolute Gasteiger partial charge is 0.310 e. The van der Waals surface area contributed by atoms with Crippen LogP contribution in [0.15, 0.2) is 0 Å². The third kappa shape index (κ3) is 3.28. The molecule has 0 radical (unpaired) electrons. The van der Waals surface area contributed by atoms with Crippen molar-refractivity contribution in [2.45, 2.75) is 32.1 Å². The number of halogens is 1. The van der Waals surface area contributed by atoms with E-state index in [1.54, 1.807) is 4.68 Å². The molecule has 1 saturated carbocycles. The van der Waals surface area contributed by atoms with Crippen LogP contribution in [0.1, 0.15) is 30.5 Å². The highest BCUT2D eigenvalue weighted by atomic mass is 35.5. The summed E-state index contributed by atoms with van der Waals surface area (Å²) in [5.74, 6) is 1.73. The monoisotopic (exact) mass is 284 g/mol. The number of aromatic nitrogens is 2. The Bertz CT molecular complexity index is 467. The van der Waals surface area contributed by atoms with Crippen molar-refractivity contribution in [2.24, 2.45) is 13.0 Å². The zero-order valence-corrected chi connectivity index (χ0v) is 12.1. The number of rotatable bonds is 5. The Hall–Kier alpha value is -1.07. The van der Waals surface area contributed by atoms with Gasteiger partial charge in [-0.3, -0.25) is 9.48 Å². The number of anilines is 1. The van der Waals surface area contributed by atoms with Crippen LogP contribution < -0.4 is 10.6 Å². The van der Waals surface area contributed by atoms with E-state index in [9.17, 15) is 4.79 Å². The first kappa shape index (κ1) is 14.3. The minimum absolute atomic E-state index is 0. The zero-order valence-electron chi connectivity index (χ0n) is 11.2. The average Bonchev–Trinajstić information content (AvgIpc) is 2.97. The first-order valence-electron chi connectivity index (χ1n) is 6.79. The number of hydrogen-bond donors (Lipinski definition) is 2. The van der Waals surface area contributed by atoms with Crippen molar-refractivity contribution in [3.63, 3.8) is 0 Å². The maximum Gasteiger partial charge on any atom is 0.239 e. The third-order valence-corrected chi connectivity index (χ3v) is 3.74. The fourth-order valence-corrected chi connectivity index (χ4v) is 2.56. The van der Waals surface area contributed by atoms with E-state index < -0.39 is 0 Å². The topological polar surface area (TPSA) is 59.0 Å². The summed E-state index contributed by atoms with van der Waals surface area (Å²) in [5.41, 5.74) is 2.38. The molecule has 1 aromatic rings. The van der Waals surface area contributed by atoms with Crippen LogP contribution in [0.4, 0.5) is 5.82 Å². The van der Waals surface area contributed by atoms with Crippen molar-refractivity contribution in [3.05, 3.63) is 11.3 Å². The van der Waals surface area contributed by atoms with Gasteiger partial charge >= 0.3 is 0 Å². The van der Waals surface area contributed by atoms with Gasteiger partial charge in [0.25, 0.3) is 0 Å². The highest BCUT2D eigenvalue weighted by molar-refractivity contribution is 5.92. The van der Waals surface area contributed by atoms with Crippen LogP contribution in [0.5, 0.6) is 0 Å². The minimum Gasteiger partial charge on any atom is -0.310 e. The molecule has 1 fully saturated rings. The Morgan fingerprint density at radius 3 is 2.95 bits per heavy atom. The number of hydrogen-bond acceptors (Lipinski definition) is 3. The maximum atomic E-state index is 11.8. The molecule has 0 spiro atoms. The zero-order chi connectivity index (χ0) is 12.5. The molecule has 0 unspecified atom stereocenters. The molecule has 0 aromatic carbocycles. The van der Waals surface area contributed by atoms with E-state index in [1.807, 2.05) is 7.05 Å². The van der Waals surface area contributed by atoms with Crippen LogP contribution in [0.25, 0.3) is 0 Å². The molecule has 1 amide bonds. The highest BCUT2D eigenvalue weighted by Crippen LogP contribution is 2.28. The number of amides is 1. The summed E-state index contributed by atoms with van der Waals surface area (Å²) in [6.45, 7) is 1.37. The Labute approximate surface area is 119 Å². The lowest BCUT2D eigenvalue weighted by Crippen LogP contribution is -2.30. The summed E-state index contributed by atoms with van der Waals surface area (Å²) in [4.78, 5) is 11.8. The molecule has 0 atom stereocenters. The second kappa shape index (κ2) is 5.92. The molecule has 5 nitrogen and oxygen atoms in total. The van der Waals surface area contributed by atoms with Crippen LogP contribution in [0.2, 0.25) is 0 Å². The lowest BCUT2D eigenvalue weighted by molar-refractivity contribution is -0.115. The lowest BCUT2D eigenvalue weighted by Gasteiger charge is -2.08. The van der Waals surface area contributed by atoms with Gasteiger partial charge in [-0.05, 0) is 44.6 Å². The van der Waals surface area contributed by atoms with Crippen molar-refractivity contribution < 1.29 is 4.79 Å². The van der Waals surface area contributed by atoms with Crippen LogP contribution in [0.3, 0.4) is 0 Å². The highest BCUT2D eigenvalue weighted by Gasteiger charge is 2.23. The Kier molecular flexibility index (Phi) is 4.47. The molecule has 2 aliphatic rings. The van der Waals surface area contributed by atoms with E-state index in [4.69, 9.17) is 0 Å². The number of carbonyl (C=O) groups excluding carboxylic acids is 1. The second-order valence-electron chi connectivity index (χ2n) is 5.37. The average molecular weight is 285 g/mol. The molecule has 0 saturated heterocycles. The van der Waals surface area contributed by atoms with Gasteiger partial charge < -0.3 is 10.6 Å². The maximum absolute atomic E-state index is 11.8. The van der Waals surface area contributed by atoms with Crippen LogP contribution >= 0.6 is 12.4 Å². The van der Waals surface area contributed by atoms with E-state index in [1.165, 1.54) is 18.4 Å². The normalized spacial score (nSPS) is 16.9. The summed E-state index contributed by atoms with van der Waals surface area (Å²) in [6, 6.07) is 0. The van der Waals surface area contributed by atoms with Crippen molar-refractivity contribution in [1.82, 2.24) is 15.1 Å². The molecular formula is C13H21ClN4O. The van der Waals surface area contributed by atoms with Crippen molar-refractivity contribution >= 4 is 24.1 Å². The summed E-state index contributed by atoms with van der Waals surface area (Å²) in [5, 5.41) is 10.6. The summed E-state index contributed by atoms with van der Waals surface area (Å²) < 4.78 is 1.79. The molecule has 19 heavy (non-hydrogen) atoms. The van der Waals surface area contributed by atoms with E-state index in [0.29, 0.717) is 6.54 Å². The molecule has 3 rings (SSSR count). The van der Waals surface area contributed by atoms with Crippen LogP contribution in [-0.4, -0.2) is 28.8 Å². The van der Waals surface area contributed by atoms with Gasteiger partial charge in [-0.2, -0.15) is 5.10 Å². The van der Waals surface area contributed by atoms with Gasteiger partial charge in [0.2, 0.25) is 5.91 Å². The Balaban J connectivity index is 0.00000133. The molecule has 6 heteroatoms. The van der Waals surface area contributed by atoms with Crippen molar-refractivity contribution in [2.75, 3.05) is 18.4 Å². The molecule has 2 aliphatic carbocycles. The summed E-state index contributed by atoms with van der Waals surface area (Å²) in [6.07, 6.45) is 5.85. The van der Waals surface area contributed by atoms with E-state index in [-0.39, 0.29) is 18.3 Å². The summed E-state index contributed by atoms with van der Waals surface area (Å²) in [7, 11) is 1.89. The molecule has 0 bridgehead atoms. The summed E-state index contributed by atoms with van der Waals surface area (Å²) >= 11 is 0. The Morgan fingerprint density at radius 1 is 1.42 bits per heavy atom. The molecule has 106 valence electrons. The predicted octanol–water partition coefficient (Wildman–Crippen LogP) is 1.27. The number of carbonyl (C=O) groups is 1. The van der Waals surface area contributed by atoms with Crippen molar-refractivity contribution in [3.8, 4) is 0 Å². The fraction of sp³-hybridized carbons (Fsp3) is 0.692. The smallest absolute Gasteiger partial charge is 0.239 e. The van der Waals surface area contributed by atoms with Gasteiger partial charge in [0.05, 0.1) is 12.2 Å². The predicted molar refractivity (Wildman–Crippen MR) is 76.7 cm³/mol. The Morgan fingerprint density at radius 2 is 2.21 bits per heavy atom. The number of nitrogens with one attached hydrogen (secondary N) is 2. The van der Waals surface area contributed by atoms with E-state index >= 15 is 0 Å². The number of aryl methyl sites for hydroxylation is 2. The van der Waals surface area contributed by atoms with Gasteiger partial charge in [-0.15, -0.1) is 12.4 Å². The molecule has 0 aliphatic heterocycles. The molecule has 1 aromatic heterocycles. The van der Waals surface area contributed by atoms with Gasteiger partial charge in [-0.25, -0.2) is 0 Å². The van der Waals surface area contributed by atoms with Crippen molar-refractivity contribution in [1.29, 1.82) is 0 Å². The van der Waals surface area contributed by atoms with E-state index in [0.717, 1.165) is 43.2 Å². The number of nitrogens with zero attached hydrogens (tertiary/aromatic N) is 2. The molecular weight excluding hydrogens is 264 g/mol. The third-order valence-electron chi connectivity index (χ3n) is 3.74. The van der Waals surface area contributed by atoms with Crippen LogP contribution in [-0.2, 0) is 24.7 Å². The molecule has 2 N–H and O–H groups in total. The fourth-order valence-electron chi connectivity index (χ4n) is 2.56. The quantitative estimate of drug-likeness (QED) is 0.856. The standard InChI is InChI=1S/C13H20N4O.ClH/c1-17-13(10-3-2-4-11(10)16-17)15-12(18)8-14-7-9-5-6-9;/h9,14H,2-8H2,1H3,(H,15,18);1H. The number of fused-ring (bicyclic) bond motifs is 1. The SMILES string of the molecule is Cl.Cn1nc2c(c1NC(=O)CNCC1CC1)CCC2.